The van der Waals surface area contributed by atoms with Gasteiger partial charge in [-0.05, 0) is 18.4 Å². The van der Waals surface area contributed by atoms with Crippen molar-refractivity contribution in [3.05, 3.63) is 11.9 Å². The Balaban J connectivity index is 2.24. The molecule has 1 N–H and O–H groups in total. The number of fused-ring (bicyclic) bond motifs is 2. The van der Waals surface area contributed by atoms with E-state index in [9.17, 15) is 9.18 Å². The summed E-state index contributed by atoms with van der Waals surface area (Å²) in [5, 5.41) is 2.71. The molecule has 0 aromatic rings. The number of halogens is 1. The van der Waals surface area contributed by atoms with E-state index in [1.54, 1.807) is 0 Å². The number of nitrogens with one attached hydrogen (secondary N) is 1. The topological polar surface area (TPSA) is 29.1 Å². The average molecular weight is 141 g/mol. The Hall–Kier alpha value is -0.860. The Kier molecular flexibility index (Phi) is 1.07. The van der Waals surface area contributed by atoms with E-state index in [1.165, 1.54) is 0 Å². The van der Waals surface area contributed by atoms with Crippen LogP contribution in [-0.2, 0) is 4.79 Å². The van der Waals surface area contributed by atoms with Crippen molar-refractivity contribution in [3.8, 4) is 0 Å². The Morgan fingerprint density at radius 2 is 2.50 bits per heavy atom. The predicted molar refractivity (Wildman–Crippen MR) is 33.8 cm³/mol. The molecule has 0 aromatic heterocycles. The van der Waals surface area contributed by atoms with Crippen molar-refractivity contribution in [2.24, 2.45) is 5.92 Å². The maximum absolute atomic E-state index is 12.0. The summed E-state index contributed by atoms with van der Waals surface area (Å²) in [7, 11) is 0. The molecule has 2 fully saturated rings. The van der Waals surface area contributed by atoms with E-state index in [-0.39, 0.29) is 17.9 Å². The molecule has 2 nitrogen and oxygen atoms in total. The Morgan fingerprint density at radius 3 is 2.90 bits per heavy atom. The third-order valence-electron chi connectivity index (χ3n) is 2.28. The van der Waals surface area contributed by atoms with Crippen LogP contribution in [0.15, 0.2) is 11.9 Å². The van der Waals surface area contributed by atoms with Crippen LogP contribution in [0.2, 0.25) is 0 Å². The summed E-state index contributed by atoms with van der Waals surface area (Å²) in [4.78, 5) is 10.8. The van der Waals surface area contributed by atoms with Gasteiger partial charge in [0.2, 0.25) is 5.91 Å². The predicted octanol–water partition coefficient (Wildman–Crippen LogP) is 0.748. The van der Waals surface area contributed by atoms with Gasteiger partial charge in [-0.25, -0.2) is 4.39 Å². The second-order valence-corrected chi connectivity index (χ2v) is 2.88. The van der Waals surface area contributed by atoms with Crippen molar-refractivity contribution >= 4 is 5.91 Å². The van der Waals surface area contributed by atoms with Gasteiger partial charge in [0.1, 0.15) is 0 Å². The normalized spacial score (nSPS) is 40.9. The molecule has 54 valence electrons. The molecule has 2 unspecified atom stereocenters. The highest BCUT2D eigenvalue weighted by atomic mass is 19.1. The molecule has 1 saturated carbocycles. The number of amides is 1. The van der Waals surface area contributed by atoms with Gasteiger partial charge in [-0.3, -0.25) is 4.79 Å². The minimum Gasteiger partial charge on any atom is -0.349 e. The third kappa shape index (κ3) is 0.602. The van der Waals surface area contributed by atoms with E-state index >= 15 is 0 Å². The second kappa shape index (κ2) is 1.81. The van der Waals surface area contributed by atoms with Gasteiger partial charge in [0.15, 0.2) is 0 Å². The molecule has 1 aliphatic heterocycles. The van der Waals surface area contributed by atoms with Crippen LogP contribution in [0.25, 0.3) is 0 Å². The van der Waals surface area contributed by atoms with Gasteiger partial charge in [-0.15, -0.1) is 0 Å². The molecule has 1 heterocycles. The lowest BCUT2D eigenvalue weighted by Crippen LogP contribution is -2.31. The van der Waals surface area contributed by atoms with E-state index in [2.05, 4.69) is 5.32 Å². The fourth-order valence-electron chi connectivity index (χ4n) is 1.71. The zero-order chi connectivity index (χ0) is 7.14. The molecule has 10 heavy (non-hydrogen) atoms. The second-order valence-electron chi connectivity index (χ2n) is 2.88. The number of rotatable bonds is 0. The van der Waals surface area contributed by atoms with Crippen LogP contribution in [0.1, 0.15) is 12.8 Å². The SMILES string of the molecule is O=C1NC2CC1C/C2=C/F. The summed E-state index contributed by atoms with van der Waals surface area (Å²) in [6, 6.07) is 0.0162. The van der Waals surface area contributed by atoms with Crippen molar-refractivity contribution in [2.45, 2.75) is 18.9 Å². The molecule has 0 radical (unpaired) electrons. The highest BCUT2D eigenvalue weighted by Crippen LogP contribution is 2.36. The zero-order valence-corrected chi connectivity index (χ0v) is 5.43. The number of carbonyl (C=O) groups excluding carboxylic acids is 1. The molecule has 2 aliphatic rings. The van der Waals surface area contributed by atoms with Crippen LogP contribution in [-0.4, -0.2) is 11.9 Å². The molecule has 2 atom stereocenters. The number of piperidine rings is 1. The molecule has 1 saturated heterocycles. The number of carbonyl (C=O) groups is 1. The van der Waals surface area contributed by atoms with Crippen LogP contribution < -0.4 is 5.32 Å². The fraction of sp³-hybridized carbons (Fsp3) is 0.571. The summed E-state index contributed by atoms with van der Waals surface area (Å²) in [6.45, 7) is 0. The lowest BCUT2D eigenvalue weighted by Gasteiger charge is -2.12. The van der Waals surface area contributed by atoms with Crippen LogP contribution in [0.4, 0.5) is 4.39 Å². The highest BCUT2D eigenvalue weighted by molar-refractivity contribution is 5.84. The van der Waals surface area contributed by atoms with E-state index in [4.69, 9.17) is 0 Å². The van der Waals surface area contributed by atoms with Gasteiger partial charge in [0.25, 0.3) is 0 Å². The molecule has 2 bridgehead atoms. The smallest absolute Gasteiger partial charge is 0.223 e. The van der Waals surface area contributed by atoms with Crippen LogP contribution >= 0.6 is 0 Å². The molecule has 2 rings (SSSR count). The first-order valence-electron chi connectivity index (χ1n) is 3.41. The number of hydrogen-bond donors (Lipinski definition) is 1. The van der Waals surface area contributed by atoms with Crippen LogP contribution in [0.3, 0.4) is 0 Å². The van der Waals surface area contributed by atoms with Crippen molar-refractivity contribution in [1.82, 2.24) is 5.32 Å². The summed E-state index contributed by atoms with van der Waals surface area (Å²) < 4.78 is 12.0. The minimum absolute atomic E-state index is 0.0162. The molecular weight excluding hydrogens is 133 g/mol. The fourth-order valence-corrected chi connectivity index (χ4v) is 1.71. The standard InChI is InChI=1S/C7H8FNO/c8-3-5-1-4-2-6(5)9-7(4)10/h3-4,6H,1-2H2,(H,9,10)/b5-3-. The van der Waals surface area contributed by atoms with Crippen molar-refractivity contribution in [3.63, 3.8) is 0 Å². The van der Waals surface area contributed by atoms with Crippen LogP contribution in [0, 0.1) is 5.92 Å². The zero-order valence-electron chi connectivity index (χ0n) is 5.43. The average Bonchev–Trinajstić information content (AvgIpc) is 2.44. The van der Waals surface area contributed by atoms with Crippen molar-refractivity contribution in [1.29, 1.82) is 0 Å². The van der Waals surface area contributed by atoms with Crippen molar-refractivity contribution in [2.75, 3.05) is 0 Å². The van der Waals surface area contributed by atoms with Gasteiger partial charge >= 0.3 is 0 Å². The molecular formula is C7H8FNO. The van der Waals surface area contributed by atoms with E-state index in [1.807, 2.05) is 0 Å². The van der Waals surface area contributed by atoms with Crippen molar-refractivity contribution < 1.29 is 9.18 Å². The monoisotopic (exact) mass is 141 g/mol. The first-order chi connectivity index (χ1) is 4.81. The molecule has 3 heteroatoms. The third-order valence-corrected chi connectivity index (χ3v) is 2.28. The quantitative estimate of drug-likeness (QED) is 0.530. The van der Waals surface area contributed by atoms with E-state index in [0.717, 1.165) is 12.0 Å². The molecule has 0 spiro atoms. The van der Waals surface area contributed by atoms with Gasteiger partial charge in [0.05, 0.1) is 12.4 Å². The Morgan fingerprint density at radius 1 is 1.70 bits per heavy atom. The Labute approximate surface area is 58.1 Å². The van der Waals surface area contributed by atoms with Gasteiger partial charge in [0, 0.05) is 5.92 Å². The van der Waals surface area contributed by atoms with Gasteiger partial charge in [-0.1, -0.05) is 0 Å². The number of hydrogen-bond acceptors (Lipinski definition) is 1. The summed E-state index contributed by atoms with van der Waals surface area (Å²) >= 11 is 0. The lowest BCUT2D eigenvalue weighted by atomic mass is 10.1. The largest absolute Gasteiger partial charge is 0.349 e. The summed E-state index contributed by atoms with van der Waals surface area (Å²) in [5.74, 6) is 0.155. The summed E-state index contributed by atoms with van der Waals surface area (Å²) in [5.41, 5.74) is 0.754. The first kappa shape index (κ1) is 5.89. The maximum Gasteiger partial charge on any atom is 0.223 e. The molecule has 1 aliphatic carbocycles. The lowest BCUT2D eigenvalue weighted by molar-refractivity contribution is -0.123. The minimum atomic E-state index is 0.0162. The van der Waals surface area contributed by atoms with Crippen LogP contribution in [0.5, 0.6) is 0 Å². The van der Waals surface area contributed by atoms with E-state index in [0.29, 0.717) is 12.8 Å². The van der Waals surface area contributed by atoms with E-state index < -0.39 is 0 Å². The van der Waals surface area contributed by atoms with Gasteiger partial charge in [-0.2, -0.15) is 0 Å². The highest BCUT2D eigenvalue weighted by Gasteiger charge is 2.41. The maximum atomic E-state index is 12.0. The molecule has 1 amide bonds. The molecule has 0 aromatic carbocycles. The summed E-state index contributed by atoms with van der Waals surface area (Å²) in [6.07, 6.45) is 2.06. The Bertz CT molecular complexity index is 212. The van der Waals surface area contributed by atoms with Gasteiger partial charge < -0.3 is 5.32 Å². The first-order valence-corrected chi connectivity index (χ1v) is 3.41.